The van der Waals surface area contributed by atoms with Gasteiger partial charge in [0.1, 0.15) is 0 Å². The quantitative estimate of drug-likeness (QED) is 0.714. The Morgan fingerprint density at radius 1 is 1.00 bits per heavy atom. The molecule has 0 aromatic heterocycles. The van der Waals surface area contributed by atoms with E-state index in [0.717, 1.165) is 22.3 Å². The topological polar surface area (TPSA) is 34.1 Å². The Kier molecular flexibility index (Phi) is 4.69. The van der Waals surface area contributed by atoms with Crippen LogP contribution in [-0.4, -0.2) is 5.52 Å². The first-order valence-corrected chi connectivity index (χ1v) is 8.38. The SMILES string of the molecule is Cc1cc(C)c(C(=O)[P](=O)C(C)c2ccccc2)c(C)c1. The fourth-order valence-corrected chi connectivity index (χ4v) is 4.04. The Bertz CT molecular complexity index is 667. The summed E-state index contributed by atoms with van der Waals surface area (Å²) in [5.41, 5.74) is 3.97. The van der Waals surface area contributed by atoms with Crippen molar-refractivity contribution in [3.8, 4) is 0 Å². The normalized spacial score (nSPS) is 12.9. The van der Waals surface area contributed by atoms with Crippen LogP contribution in [-0.2, 0) is 4.57 Å². The molecule has 2 aromatic carbocycles. The molecule has 0 aliphatic rings. The number of carbonyl (C=O) groups excluding carboxylic acids is 1. The highest BCUT2D eigenvalue weighted by atomic mass is 31.1. The van der Waals surface area contributed by atoms with Crippen LogP contribution in [0.5, 0.6) is 0 Å². The molecule has 0 fully saturated rings. The summed E-state index contributed by atoms with van der Waals surface area (Å²) in [4.78, 5) is 12.6. The van der Waals surface area contributed by atoms with Gasteiger partial charge < -0.3 is 0 Å². The van der Waals surface area contributed by atoms with Crippen molar-refractivity contribution in [3.05, 3.63) is 70.3 Å². The zero-order valence-electron chi connectivity index (χ0n) is 12.9. The van der Waals surface area contributed by atoms with Crippen LogP contribution in [0.1, 0.15) is 45.2 Å². The lowest BCUT2D eigenvalue weighted by Crippen LogP contribution is -2.04. The molecule has 2 rings (SSSR count). The maximum Gasteiger partial charge on any atom is 0.242 e. The molecule has 109 valence electrons. The number of aryl methyl sites for hydroxylation is 3. The highest BCUT2D eigenvalue weighted by Gasteiger charge is 2.25. The minimum Gasteiger partial charge on any atom is -0.281 e. The number of carbonyl (C=O) groups is 1. The van der Waals surface area contributed by atoms with Gasteiger partial charge in [0, 0.05) is 5.56 Å². The van der Waals surface area contributed by atoms with Crippen LogP contribution in [0.4, 0.5) is 0 Å². The number of rotatable bonds is 4. The Balaban J connectivity index is 2.35. The third kappa shape index (κ3) is 3.28. The average Bonchev–Trinajstić information content (AvgIpc) is 2.45. The molecule has 0 amide bonds. The first kappa shape index (κ1) is 15.6. The minimum absolute atomic E-state index is 0.239. The van der Waals surface area contributed by atoms with Crippen molar-refractivity contribution in [2.24, 2.45) is 0 Å². The molecule has 1 radical (unpaired) electrons. The van der Waals surface area contributed by atoms with Crippen molar-refractivity contribution in [2.75, 3.05) is 0 Å². The largest absolute Gasteiger partial charge is 0.281 e. The molecule has 2 nitrogen and oxygen atoms in total. The Hall–Kier alpha value is -1.79. The van der Waals surface area contributed by atoms with Gasteiger partial charge >= 0.3 is 0 Å². The maximum absolute atomic E-state index is 12.6. The molecule has 3 heteroatoms. The third-order valence-corrected chi connectivity index (χ3v) is 5.35. The second-order valence-electron chi connectivity index (χ2n) is 5.49. The first-order chi connectivity index (χ1) is 9.91. The average molecular weight is 299 g/mol. The molecule has 0 N–H and O–H groups in total. The summed E-state index contributed by atoms with van der Waals surface area (Å²) < 4.78 is 12.6. The zero-order valence-corrected chi connectivity index (χ0v) is 13.8. The van der Waals surface area contributed by atoms with E-state index in [9.17, 15) is 9.36 Å². The predicted octanol–water partition coefficient (Wildman–Crippen LogP) is 5.34. The first-order valence-electron chi connectivity index (χ1n) is 7.05. The summed E-state index contributed by atoms with van der Waals surface area (Å²) in [6.45, 7) is 7.67. The van der Waals surface area contributed by atoms with E-state index in [2.05, 4.69) is 0 Å². The van der Waals surface area contributed by atoms with Gasteiger partial charge in [-0.15, -0.1) is 0 Å². The van der Waals surface area contributed by atoms with Crippen LogP contribution >= 0.6 is 7.80 Å². The summed E-state index contributed by atoms with van der Waals surface area (Å²) in [6.07, 6.45) is 0. The van der Waals surface area contributed by atoms with Crippen LogP contribution in [0, 0.1) is 20.8 Å². The van der Waals surface area contributed by atoms with Gasteiger partial charge in [0.25, 0.3) is 0 Å². The molecular weight excluding hydrogens is 279 g/mol. The van der Waals surface area contributed by atoms with E-state index in [1.165, 1.54) is 0 Å². The fourth-order valence-electron chi connectivity index (χ4n) is 2.67. The summed E-state index contributed by atoms with van der Waals surface area (Å²) in [7, 11) is -1.99. The van der Waals surface area contributed by atoms with E-state index >= 15 is 0 Å². The van der Waals surface area contributed by atoms with Gasteiger partial charge in [-0.05, 0) is 44.4 Å². The van der Waals surface area contributed by atoms with Crippen LogP contribution < -0.4 is 0 Å². The molecule has 2 aromatic rings. The molecule has 0 heterocycles. The van der Waals surface area contributed by atoms with E-state index in [0.29, 0.717) is 5.56 Å². The Labute approximate surface area is 127 Å². The van der Waals surface area contributed by atoms with E-state index in [1.807, 2.05) is 70.2 Å². The van der Waals surface area contributed by atoms with Gasteiger partial charge in [-0.3, -0.25) is 9.36 Å². The standard InChI is InChI=1S/C18H20O2P/c1-12-10-13(2)17(14(3)11-12)18(19)21(20)15(4)16-8-6-5-7-9-16/h5-11,15H,1-4H3. The van der Waals surface area contributed by atoms with Crippen LogP contribution in [0.25, 0.3) is 0 Å². The van der Waals surface area contributed by atoms with Gasteiger partial charge in [0.15, 0.2) is 7.80 Å². The van der Waals surface area contributed by atoms with Gasteiger partial charge in [0.05, 0.1) is 5.66 Å². The van der Waals surface area contributed by atoms with Crippen molar-refractivity contribution in [1.29, 1.82) is 0 Å². The number of hydrogen-bond donors (Lipinski definition) is 0. The molecule has 0 saturated carbocycles. The van der Waals surface area contributed by atoms with E-state index in [1.54, 1.807) is 0 Å². The monoisotopic (exact) mass is 299 g/mol. The lowest BCUT2D eigenvalue weighted by Gasteiger charge is -2.14. The summed E-state index contributed by atoms with van der Waals surface area (Å²) >= 11 is 0. The van der Waals surface area contributed by atoms with Crippen molar-refractivity contribution in [2.45, 2.75) is 33.4 Å². The second kappa shape index (κ2) is 6.32. The van der Waals surface area contributed by atoms with Gasteiger partial charge in [-0.2, -0.15) is 0 Å². The van der Waals surface area contributed by atoms with Gasteiger partial charge in [-0.25, -0.2) is 0 Å². The molecule has 0 spiro atoms. The lowest BCUT2D eigenvalue weighted by atomic mass is 10.0. The van der Waals surface area contributed by atoms with Crippen LogP contribution in [0.2, 0.25) is 0 Å². The van der Waals surface area contributed by atoms with Gasteiger partial charge in [-0.1, -0.05) is 48.0 Å². The lowest BCUT2D eigenvalue weighted by molar-refractivity contribution is 0.107. The number of benzene rings is 2. The van der Waals surface area contributed by atoms with Crippen molar-refractivity contribution < 1.29 is 9.36 Å². The predicted molar refractivity (Wildman–Crippen MR) is 87.4 cm³/mol. The molecule has 0 saturated heterocycles. The molecule has 0 aliphatic heterocycles. The zero-order chi connectivity index (χ0) is 15.6. The Morgan fingerprint density at radius 2 is 1.52 bits per heavy atom. The molecule has 0 aliphatic carbocycles. The smallest absolute Gasteiger partial charge is 0.242 e. The Morgan fingerprint density at radius 3 is 2.05 bits per heavy atom. The number of hydrogen-bond acceptors (Lipinski definition) is 2. The van der Waals surface area contributed by atoms with E-state index in [4.69, 9.17) is 0 Å². The molecule has 21 heavy (non-hydrogen) atoms. The van der Waals surface area contributed by atoms with E-state index in [-0.39, 0.29) is 11.2 Å². The highest BCUT2D eigenvalue weighted by molar-refractivity contribution is 7.64. The molecular formula is C18H20O2P. The van der Waals surface area contributed by atoms with Crippen LogP contribution in [0.3, 0.4) is 0 Å². The highest BCUT2D eigenvalue weighted by Crippen LogP contribution is 2.44. The second-order valence-corrected chi connectivity index (χ2v) is 7.32. The summed E-state index contributed by atoms with van der Waals surface area (Å²) in [5, 5.41) is 0. The van der Waals surface area contributed by atoms with Crippen molar-refractivity contribution in [1.82, 2.24) is 0 Å². The summed E-state index contributed by atoms with van der Waals surface area (Å²) in [6, 6.07) is 13.5. The molecule has 2 atom stereocenters. The van der Waals surface area contributed by atoms with Crippen molar-refractivity contribution in [3.63, 3.8) is 0 Å². The minimum atomic E-state index is -1.99. The molecule has 0 bridgehead atoms. The van der Waals surface area contributed by atoms with Gasteiger partial charge in [0.2, 0.25) is 5.52 Å². The van der Waals surface area contributed by atoms with Crippen molar-refractivity contribution >= 4 is 13.3 Å². The summed E-state index contributed by atoms with van der Waals surface area (Å²) in [5.74, 6) is 0. The third-order valence-electron chi connectivity index (χ3n) is 3.72. The fraction of sp³-hybridized carbons (Fsp3) is 0.278. The van der Waals surface area contributed by atoms with Crippen LogP contribution in [0.15, 0.2) is 42.5 Å². The maximum atomic E-state index is 12.6. The van der Waals surface area contributed by atoms with E-state index < -0.39 is 7.80 Å². The molecule has 2 unspecified atom stereocenters.